The van der Waals surface area contributed by atoms with Gasteiger partial charge in [-0.25, -0.2) is 4.79 Å². The first-order valence-electron chi connectivity index (χ1n) is 6.32. The molecule has 0 heterocycles. The first kappa shape index (κ1) is 14.6. The number of ether oxygens (including phenoxy) is 2. The lowest BCUT2D eigenvalue weighted by Crippen LogP contribution is -2.15. The van der Waals surface area contributed by atoms with Crippen molar-refractivity contribution in [3.63, 3.8) is 0 Å². The Bertz CT molecular complexity index is 641. The summed E-state index contributed by atoms with van der Waals surface area (Å²) in [5, 5.41) is 7.66. The minimum Gasteiger partial charge on any atom is -0.495 e. The number of nitrogens with one attached hydrogen (secondary N) is 1. The highest BCUT2D eigenvalue weighted by atomic mass is 16.5. The average Bonchev–Trinajstić information content (AvgIpc) is 2.55. The summed E-state index contributed by atoms with van der Waals surface area (Å²) < 4.78 is 10.0. The Labute approximate surface area is 123 Å². The Kier molecular flexibility index (Phi) is 4.56. The standard InChI is InChI=1S/C16H16N2O3/c1-20-15-9-8-12(16(19)21-2)10-14(15)18(11-17)13-6-4-3-5-7-13/h3-11,17H,1-2H3. The zero-order chi connectivity index (χ0) is 15.2. The third-order valence-corrected chi connectivity index (χ3v) is 3.02. The minimum absolute atomic E-state index is 0.399. The number of carbonyl (C=O) groups excluding carboxylic acids is 1. The van der Waals surface area contributed by atoms with Crippen LogP contribution in [0.4, 0.5) is 11.4 Å². The molecular formula is C16H16N2O3. The Morgan fingerprint density at radius 3 is 2.43 bits per heavy atom. The maximum atomic E-state index is 11.7. The van der Waals surface area contributed by atoms with Crippen LogP contribution in [-0.2, 0) is 4.74 Å². The topological polar surface area (TPSA) is 62.6 Å². The number of hydrogen-bond acceptors (Lipinski definition) is 4. The number of rotatable bonds is 5. The van der Waals surface area contributed by atoms with Gasteiger partial charge >= 0.3 is 5.97 Å². The Morgan fingerprint density at radius 2 is 1.86 bits per heavy atom. The van der Waals surface area contributed by atoms with E-state index in [2.05, 4.69) is 0 Å². The number of carbonyl (C=O) groups is 1. The minimum atomic E-state index is -0.433. The molecule has 0 fully saturated rings. The van der Waals surface area contributed by atoms with Crippen LogP contribution in [0.3, 0.4) is 0 Å². The molecule has 5 heteroatoms. The summed E-state index contributed by atoms with van der Waals surface area (Å²) in [4.78, 5) is 13.3. The second kappa shape index (κ2) is 6.56. The van der Waals surface area contributed by atoms with Crippen molar-refractivity contribution in [2.24, 2.45) is 0 Å². The van der Waals surface area contributed by atoms with E-state index in [1.54, 1.807) is 30.2 Å². The number of methoxy groups -OCH3 is 2. The lowest BCUT2D eigenvalue weighted by atomic mass is 10.1. The van der Waals surface area contributed by atoms with Gasteiger partial charge in [-0.05, 0) is 30.3 Å². The largest absolute Gasteiger partial charge is 0.495 e. The smallest absolute Gasteiger partial charge is 0.337 e. The molecule has 0 saturated heterocycles. The quantitative estimate of drug-likeness (QED) is 0.520. The maximum absolute atomic E-state index is 11.7. The predicted molar refractivity (Wildman–Crippen MR) is 81.7 cm³/mol. The fourth-order valence-electron chi connectivity index (χ4n) is 1.99. The zero-order valence-corrected chi connectivity index (χ0v) is 11.9. The average molecular weight is 284 g/mol. The summed E-state index contributed by atoms with van der Waals surface area (Å²) >= 11 is 0. The van der Waals surface area contributed by atoms with E-state index in [0.29, 0.717) is 17.0 Å². The number of para-hydroxylation sites is 1. The molecule has 1 N–H and O–H groups in total. The Balaban J connectivity index is 2.53. The van der Waals surface area contributed by atoms with Gasteiger partial charge in [0.15, 0.2) is 0 Å². The summed E-state index contributed by atoms with van der Waals surface area (Å²) in [5.41, 5.74) is 1.80. The molecule has 0 aliphatic rings. The first-order valence-corrected chi connectivity index (χ1v) is 6.32. The van der Waals surface area contributed by atoms with Gasteiger partial charge in [-0.1, -0.05) is 18.2 Å². The van der Waals surface area contributed by atoms with Crippen molar-refractivity contribution in [1.82, 2.24) is 0 Å². The molecule has 108 valence electrons. The van der Waals surface area contributed by atoms with Crippen molar-refractivity contribution in [3.05, 3.63) is 54.1 Å². The van der Waals surface area contributed by atoms with E-state index in [4.69, 9.17) is 14.9 Å². The van der Waals surface area contributed by atoms with E-state index in [0.717, 1.165) is 5.69 Å². The molecule has 0 aliphatic carbocycles. The van der Waals surface area contributed by atoms with Crippen LogP contribution in [0.25, 0.3) is 0 Å². The second-order valence-electron chi connectivity index (χ2n) is 4.21. The van der Waals surface area contributed by atoms with Gasteiger partial charge < -0.3 is 9.47 Å². The van der Waals surface area contributed by atoms with E-state index in [9.17, 15) is 4.79 Å². The van der Waals surface area contributed by atoms with Crippen LogP contribution in [0, 0.1) is 5.41 Å². The SMILES string of the molecule is COC(=O)c1ccc(OC)c(N(C=N)c2ccccc2)c1. The molecular weight excluding hydrogens is 268 g/mol. The van der Waals surface area contributed by atoms with Crippen LogP contribution in [0.1, 0.15) is 10.4 Å². The summed E-state index contributed by atoms with van der Waals surface area (Å²) in [7, 11) is 2.88. The molecule has 0 atom stereocenters. The van der Waals surface area contributed by atoms with Gasteiger partial charge in [-0.15, -0.1) is 0 Å². The molecule has 0 unspecified atom stereocenters. The van der Waals surface area contributed by atoms with Crippen molar-refractivity contribution < 1.29 is 14.3 Å². The van der Waals surface area contributed by atoms with Crippen LogP contribution >= 0.6 is 0 Å². The van der Waals surface area contributed by atoms with Gasteiger partial charge in [0.2, 0.25) is 0 Å². The van der Waals surface area contributed by atoms with Crippen LogP contribution < -0.4 is 9.64 Å². The van der Waals surface area contributed by atoms with Crippen molar-refractivity contribution in [1.29, 1.82) is 5.41 Å². The highest BCUT2D eigenvalue weighted by molar-refractivity contribution is 5.95. The fourth-order valence-corrected chi connectivity index (χ4v) is 1.99. The van der Waals surface area contributed by atoms with Gasteiger partial charge in [0.1, 0.15) is 5.75 Å². The summed E-state index contributed by atoms with van der Waals surface area (Å²) in [6.07, 6.45) is 1.17. The molecule has 0 bridgehead atoms. The summed E-state index contributed by atoms with van der Waals surface area (Å²) in [5.74, 6) is 0.131. The molecule has 0 aliphatic heterocycles. The highest BCUT2D eigenvalue weighted by Crippen LogP contribution is 2.33. The number of nitrogens with zero attached hydrogens (tertiary/aromatic N) is 1. The predicted octanol–water partition coefficient (Wildman–Crippen LogP) is 3.23. The molecule has 0 radical (unpaired) electrons. The Hall–Kier alpha value is -2.82. The number of hydrogen-bond donors (Lipinski definition) is 1. The molecule has 21 heavy (non-hydrogen) atoms. The normalized spacial score (nSPS) is 9.81. The maximum Gasteiger partial charge on any atom is 0.337 e. The fraction of sp³-hybridized carbons (Fsp3) is 0.125. The van der Waals surface area contributed by atoms with E-state index in [-0.39, 0.29) is 0 Å². The van der Waals surface area contributed by atoms with Gasteiger partial charge in [-0.2, -0.15) is 0 Å². The van der Waals surface area contributed by atoms with Crippen LogP contribution in [0.15, 0.2) is 48.5 Å². The number of esters is 1. The van der Waals surface area contributed by atoms with Gasteiger partial charge in [0.05, 0.1) is 31.8 Å². The monoisotopic (exact) mass is 284 g/mol. The van der Waals surface area contributed by atoms with Crippen molar-refractivity contribution in [2.45, 2.75) is 0 Å². The van der Waals surface area contributed by atoms with Crippen LogP contribution in [0.2, 0.25) is 0 Å². The lowest BCUT2D eigenvalue weighted by Gasteiger charge is -2.22. The summed E-state index contributed by atoms with van der Waals surface area (Å²) in [6.45, 7) is 0. The lowest BCUT2D eigenvalue weighted by molar-refractivity contribution is 0.0601. The van der Waals surface area contributed by atoms with Gasteiger partial charge in [0, 0.05) is 5.69 Å². The van der Waals surface area contributed by atoms with Crippen molar-refractivity contribution in [2.75, 3.05) is 19.1 Å². The molecule has 0 spiro atoms. The Morgan fingerprint density at radius 1 is 1.14 bits per heavy atom. The van der Waals surface area contributed by atoms with Gasteiger partial charge in [0.25, 0.3) is 0 Å². The van der Waals surface area contributed by atoms with Crippen LogP contribution in [0.5, 0.6) is 5.75 Å². The molecule has 5 nitrogen and oxygen atoms in total. The number of benzene rings is 2. The number of anilines is 2. The van der Waals surface area contributed by atoms with Crippen molar-refractivity contribution >= 4 is 23.7 Å². The highest BCUT2D eigenvalue weighted by Gasteiger charge is 2.16. The van der Waals surface area contributed by atoms with Crippen LogP contribution in [-0.4, -0.2) is 26.5 Å². The third-order valence-electron chi connectivity index (χ3n) is 3.02. The molecule has 2 aromatic carbocycles. The summed E-state index contributed by atoms with van der Waals surface area (Å²) in [6, 6.07) is 14.3. The van der Waals surface area contributed by atoms with E-state index in [1.807, 2.05) is 30.3 Å². The van der Waals surface area contributed by atoms with E-state index in [1.165, 1.54) is 13.4 Å². The first-order chi connectivity index (χ1) is 10.2. The zero-order valence-electron chi connectivity index (χ0n) is 11.9. The second-order valence-corrected chi connectivity index (χ2v) is 4.21. The molecule has 0 aromatic heterocycles. The van der Waals surface area contributed by atoms with E-state index >= 15 is 0 Å². The van der Waals surface area contributed by atoms with Gasteiger partial charge in [-0.3, -0.25) is 10.3 Å². The third kappa shape index (κ3) is 3.02. The molecule has 2 aromatic rings. The molecule has 2 rings (SSSR count). The van der Waals surface area contributed by atoms with Crippen molar-refractivity contribution in [3.8, 4) is 5.75 Å². The molecule has 0 saturated carbocycles. The molecule has 0 amide bonds. The van der Waals surface area contributed by atoms with E-state index < -0.39 is 5.97 Å².